The lowest BCUT2D eigenvalue weighted by Gasteiger charge is -2.31. The van der Waals surface area contributed by atoms with Gasteiger partial charge in [0.05, 0.1) is 0 Å². The summed E-state index contributed by atoms with van der Waals surface area (Å²) in [6.07, 6.45) is 0. The number of hydrogen-bond acceptors (Lipinski definition) is 5. The van der Waals surface area contributed by atoms with Crippen LogP contribution in [0.1, 0.15) is 158 Å². The molecule has 0 saturated heterocycles. The van der Waals surface area contributed by atoms with Gasteiger partial charge < -0.3 is 18.1 Å². The Hall–Kier alpha value is -3.44. The van der Waals surface area contributed by atoms with Crippen molar-refractivity contribution in [2.75, 3.05) is 0 Å². The van der Waals surface area contributed by atoms with Crippen molar-refractivity contribution in [2.24, 2.45) is 0 Å². The zero-order chi connectivity index (χ0) is 42.8. The van der Waals surface area contributed by atoms with Crippen molar-refractivity contribution in [3.63, 3.8) is 0 Å². The normalized spacial score (nSPS) is 14.0. The predicted octanol–water partition coefficient (Wildman–Crippen LogP) is 14.8. The number of hydrogen-bond donors (Lipinski definition) is 0. The molecule has 0 heterocycles. The molecule has 0 bridgehead atoms. The first-order chi connectivity index (χ1) is 25.8. The summed E-state index contributed by atoms with van der Waals surface area (Å²) in [4.78, 5) is 0.177. The smallest absolute Gasteiger partial charge is 0.530 e. The van der Waals surface area contributed by atoms with Crippen molar-refractivity contribution >= 4 is 41.2 Å². The average Bonchev–Trinajstić information content (AvgIpc) is 3.04. The van der Waals surface area contributed by atoms with Gasteiger partial charge in [-0.2, -0.15) is 0 Å². The summed E-state index contributed by atoms with van der Waals surface area (Å²) >= 11 is -2.36. The van der Waals surface area contributed by atoms with Gasteiger partial charge in [-0.15, -0.1) is 0 Å². The van der Waals surface area contributed by atoms with E-state index in [-0.39, 0.29) is 37.4 Å². The molecule has 0 aromatic heterocycles. The maximum atomic E-state index is 11.8. The first-order valence-electron chi connectivity index (χ1n) is 20.1. The molecule has 308 valence electrons. The van der Waals surface area contributed by atoms with E-state index in [4.69, 9.17) is 13.6 Å². The lowest BCUT2D eigenvalue weighted by atomic mass is 9.76. The van der Waals surface area contributed by atoms with Gasteiger partial charge in [0.25, 0.3) is 0 Å². The van der Waals surface area contributed by atoms with E-state index in [1.54, 1.807) is 12.1 Å². The second kappa shape index (κ2) is 15.3. The van der Waals surface area contributed by atoms with E-state index in [1.807, 2.05) is 0 Å². The maximum absolute atomic E-state index is 11.8. The van der Waals surface area contributed by atoms with Crippen LogP contribution in [0.5, 0.6) is 17.2 Å². The van der Waals surface area contributed by atoms with Crippen LogP contribution in [0, 0.1) is 0 Å². The molecular formula is C50H66O5PS-. The van der Waals surface area contributed by atoms with Crippen LogP contribution in [0.4, 0.5) is 0 Å². The molecule has 0 saturated carbocycles. The Kier molecular flexibility index (Phi) is 12.0. The number of fused-ring (bicyclic) bond motifs is 2. The topological polar surface area (TPSA) is 67.8 Å². The highest BCUT2D eigenvalue weighted by Crippen LogP contribution is 2.50. The first kappa shape index (κ1) is 44.7. The van der Waals surface area contributed by atoms with Crippen LogP contribution in [-0.4, -0.2) is 8.76 Å². The van der Waals surface area contributed by atoms with E-state index in [9.17, 15) is 8.76 Å². The van der Waals surface area contributed by atoms with Gasteiger partial charge >= 0.3 is 8.60 Å². The SMILES string of the molecule is CC(C)(C)c1cc(C(C)(C)C)c2cc(OP(Oc3ccc(S(=O)[O-])cc3)Oc3cc4c(C(C)(C)C)cc(C(C)(C)C)cc4cc3C(C)(C)C)c(C(C)(C)C)cc2c1. The maximum Gasteiger partial charge on any atom is 0.530 e. The molecule has 0 amide bonds. The Morgan fingerprint density at radius 2 is 0.789 bits per heavy atom. The zero-order valence-electron chi connectivity index (χ0n) is 37.8. The van der Waals surface area contributed by atoms with Crippen molar-refractivity contribution in [1.82, 2.24) is 0 Å². The number of benzene rings is 5. The van der Waals surface area contributed by atoms with E-state index in [2.05, 4.69) is 173 Å². The molecule has 0 fully saturated rings. The fraction of sp³-hybridized carbons (Fsp3) is 0.480. The average molecular weight is 810 g/mol. The van der Waals surface area contributed by atoms with Gasteiger partial charge in [-0.1, -0.05) is 149 Å². The van der Waals surface area contributed by atoms with Gasteiger partial charge in [0.2, 0.25) is 0 Å². The van der Waals surface area contributed by atoms with Gasteiger partial charge in [0.1, 0.15) is 17.2 Å². The molecule has 5 aromatic carbocycles. The van der Waals surface area contributed by atoms with Crippen LogP contribution >= 0.6 is 8.60 Å². The largest absolute Gasteiger partial charge is 0.768 e. The minimum Gasteiger partial charge on any atom is -0.768 e. The van der Waals surface area contributed by atoms with Crippen molar-refractivity contribution in [3.05, 3.63) is 106 Å². The third-order valence-electron chi connectivity index (χ3n) is 10.6. The summed E-state index contributed by atoms with van der Waals surface area (Å²) < 4.78 is 44.3. The molecule has 5 aromatic rings. The molecule has 0 radical (unpaired) electrons. The van der Waals surface area contributed by atoms with Gasteiger partial charge in [0, 0.05) is 16.0 Å². The number of rotatable bonds is 7. The first-order valence-corrected chi connectivity index (χ1v) is 22.3. The standard InChI is InChI=1S/C50H67O5PS/c1-45(2,3)33-23-31-25-41(49(13,14)15)43(29-37(31)39(27-33)47(7,8)9)54-56(53-35-19-21-36(22-20-35)57(51)52)55-44-30-38-32(26-42(44)50(16,17)18)24-34(46(4,5)6)28-40(38)48(10,11)12/h19-30H,1-18H3,(H,51,52)/p-1. The van der Waals surface area contributed by atoms with Gasteiger partial charge in [0.15, 0.2) is 0 Å². The van der Waals surface area contributed by atoms with E-state index < -0.39 is 19.7 Å². The summed E-state index contributed by atoms with van der Waals surface area (Å²) in [5, 5.41) is 4.60. The minimum absolute atomic E-state index is 0.0265. The fourth-order valence-corrected chi connectivity index (χ4v) is 8.52. The third kappa shape index (κ3) is 10.2. The molecule has 0 aliphatic carbocycles. The van der Waals surface area contributed by atoms with Crippen molar-refractivity contribution in [1.29, 1.82) is 0 Å². The van der Waals surface area contributed by atoms with E-state index in [0.29, 0.717) is 17.2 Å². The van der Waals surface area contributed by atoms with Crippen LogP contribution < -0.4 is 13.6 Å². The Morgan fingerprint density at radius 3 is 1.09 bits per heavy atom. The highest BCUT2D eigenvalue weighted by Gasteiger charge is 2.32. The van der Waals surface area contributed by atoms with Crippen molar-refractivity contribution < 1.29 is 22.3 Å². The summed E-state index contributed by atoms with van der Waals surface area (Å²) in [6.45, 7) is 40.3. The van der Waals surface area contributed by atoms with E-state index in [0.717, 1.165) is 21.9 Å². The molecule has 0 aliphatic heterocycles. The van der Waals surface area contributed by atoms with Crippen LogP contribution in [-0.2, 0) is 43.6 Å². The van der Waals surface area contributed by atoms with Crippen LogP contribution in [0.2, 0.25) is 0 Å². The second-order valence-corrected chi connectivity index (χ2v) is 23.8. The second-order valence-electron chi connectivity index (χ2n) is 21.9. The molecular weight excluding hydrogens is 744 g/mol. The quantitative estimate of drug-likeness (QED) is 0.121. The van der Waals surface area contributed by atoms with Crippen molar-refractivity contribution in [2.45, 2.75) is 162 Å². The molecule has 0 aliphatic rings. The summed E-state index contributed by atoms with van der Waals surface area (Å²) in [7, 11) is -2.13. The Morgan fingerprint density at radius 1 is 0.439 bits per heavy atom. The molecule has 5 rings (SSSR count). The van der Waals surface area contributed by atoms with Crippen LogP contribution in [0.15, 0.2) is 77.7 Å². The Labute approximate surface area is 347 Å². The molecule has 57 heavy (non-hydrogen) atoms. The predicted molar refractivity (Wildman–Crippen MR) is 243 cm³/mol. The van der Waals surface area contributed by atoms with E-state index in [1.165, 1.54) is 45.2 Å². The van der Waals surface area contributed by atoms with Gasteiger partial charge in [-0.25, -0.2) is 0 Å². The lowest BCUT2D eigenvalue weighted by Crippen LogP contribution is -2.19. The zero-order valence-corrected chi connectivity index (χ0v) is 39.5. The van der Waals surface area contributed by atoms with E-state index >= 15 is 0 Å². The van der Waals surface area contributed by atoms with Crippen LogP contribution in [0.25, 0.3) is 21.5 Å². The highest BCUT2D eigenvalue weighted by atomic mass is 32.2. The molecule has 0 spiro atoms. The molecule has 5 nitrogen and oxygen atoms in total. The Bertz CT molecular complexity index is 2160. The Balaban J connectivity index is 1.78. The summed E-state index contributed by atoms with van der Waals surface area (Å²) in [5.74, 6) is 1.83. The van der Waals surface area contributed by atoms with Gasteiger partial charge in [-0.05, 0) is 136 Å². The third-order valence-corrected chi connectivity index (χ3v) is 12.3. The minimum atomic E-state index is -2.36. The molecule has 0 N–H and O–H groups in total. The fourth-order valence-electron chi connectivity index (χ4n) is 7.13. The van der Waals surface area contributed by atoms with Crippen molar-refractivity contribution in [3.8, 4) is 17.2 Å². The molecule has 1 unspecified atom stereocenters. The molecule has 1 atom stereocenters. The lowest BCUT2D eigenvalue weighted by molar-refractivity contribution is 0.377. The van der Waals surface area contributed by atoms with Gasteiger partial charge in [-0.3, -0.25) is 4.21 Å². The monoisotopic (exact) mass is 809 g/mol. The highest BCUT2D eigenvalue weighted by molar-refractivity contribution is 7.79. The summed E-state index contributed by atoms with van der Waals surface area (Å²) in [5.41, 5.74) is 6.27. The molecule has 7 heteroatoms. The van der Waals surface area contributed by atoms with Crippen LogP contribution in [0.3, 0.4) is 0 Å². The summed E-state index contributed by atoms with van der Waals surface area (Å²) in [6, 6.07) is 24.6.